The Balaban J connectivity index is 1.64. The molecule has 2 aliphatic rings. The van der Waals surface area contributed by atoms with Crippen LogP contribution in [0.2, 0.25) is 0 Å². The van der Waals surface area contributed by atoms with Gasteiger partial charge < -0.3 is 20.1 Å². The van der Waals surface area contributed by atoms with E-state index in [1.54, 1.807) is 49.7 Å². The molecule has 11 heteroatoms. The molecular weight excluding hydrogens is 498 g/mol. The van der Waals surface area contributed by atoms with E-state index >= 15 is 0 Å². The third-order valence-electron chi connectivity index (χ3n) is 6.80. The fourth-order valence-electron chi connectivity index (χ4n) is 4.95. The molecule has 11 nitrogen and oxygen atoms in total. The minimum absolute atomic E-state index is 0.135. The molecule has 1 saturated heterocycles. The summed E-state index contributed by atoms with van der Waals surface area (Å²) in [6.07, 6.45) is 3.86. The molecule has 1 aromatic carbocycles. The van der Waals surface area contributed by atoms with Crippen molar-refractivity contribution in [3.05, 3.63) is 47.2 Å². The number of hydrogen-bond donors (Lipinski definition) is 2. The number of likely N-dealkylation sites (tertiary alicyclic amines) is 1. The summed E-state index contributed by atoms with van der Waals surface area (Å²) in [5, 5.41) is 27.2. The molecular formula is C28H33N7O4. The second kappa shape index (κ2) is 10.1. The molecule has 2 N–H and O–H groups in total. The average molecular weight is 532 g/mol. The molecule has 1 saturated carbocycles. The van der Waals surface area contributed by atoms with Crippen LogP contribution in [0, 0.1) is 18.3 Å². The summed E-state index contributed by atoms with van der Waals surface area (Å²) in [5.41, 5.74) is 2.56. The van der Waals surface area contributed by atoms with Crippen LogP contribution in [0.1, 0.15) is 69.1 Å². The lowest BCUT2D eigenvalue weighted by atomic mass is 10.1. The number of ether oxygens (including phenoxy) is 1. The molecule has 0 spiro atoms. The van der Waals surface area contributed by atoms with Gasteiger partial charge in [-0.2, -0.15) is 14.9 Å². The zero-order chi connectivity index (χ0) is 27.9. The first kappa shape index (κ1) is 26.3. The van der Waals surface area contributed by atoms with Crippen molar-refractivity contribution in [3.8, 4) is 6.07 Å². The van der Waals surface area contributed by atoms with Gasteiger partial charge in [0, 0.05) is 30.8 Å². The number of nitrogens with one attached hydrogen (secondary N) is 1. The molecule has 3 aromatic rings. The molecule has 0 bridgehead atoms. The molecule has 0 unspecified atom stereocenters. The van der Waals surface area contributed by atoms with Crippen molar-refractivity contribution < 1.29 is 19.4 Å². The summed E-state index contributed by atoms with van der Waals surface area (Å²) in [7, 11) is 0. The van der Waals surface area contributed by atoms with Gasteiger partial charge in [-0.25, -0.2) is 19.5 Å². The minimum Gasteiger partial charge on any atom is -0.465 e. The molecule has 39 heavy (non-hydrogen) atoms. The first-order chi connectivity index (χ1) is 18.5. The molecule has 2 amide bonds. The van der Waals surface area contributed by atoms with Gasteiger partial charge in [-0.3, -0.25) is 0 Å². The topological polar surface area (TPSA) is 136 Å². The number of benzene rings is 1. The lowest BCUT2D eigenvalue weighted by molar-refractivity contribution is 0.0597. The number of fused-ring (bicyclic) bond motifs is 1. The maximum absolute atomic E-state index is 13.8. The number of carbonyl (C=O) groups is 2. The second-order valence-corrected chi connectivity index (χ2v) is 11.3. The molecule has 1 aliphatic heterocycles. The number of amides is 2. The largest absolute Gasteiger partial charge is 0.465 e. The standard InChI is InChI=1S/C28H33N7O4/c1-17-10-18(14-29)12-21(11-17)34(27(38)39-28(2,3)4)24-13-23(31-20-6-5-9-33(16-20)26(36)37)32-25-22(19-7-8-19)15-30-35(24)25/h10-13,15,19-20H,5-9,16H2,1-4H3,(H,31,32)(H,36,37)/t20-/m0/s1. The molecule has 1 aliphatic carbocycles. The zero-order valence-electron chi connectivity index (χ0n) is 22.6. The SMILES string of the molecule is Cc1cc(C#N)cc(N(C(=O)OC(C)(C)C)c2cc(N[C@H]3CCCN(C(=O)O)C3)nc3c(C4CC4)cnn23)c1. The van der Waals surface area contributed by atoms with Gasteiger partial charge in [0.15, 0.2) is 5.65 Å². The maximum Gasteiger partial charge on any atom is 0.420 e. The van der Waals surface area contributed by atoms with Gasteiger partial charge in [-0.05, 0) is 83.1 Å². The first-order valence-electron chi connectivity index (χ1n) is 13.2. The Morgan fingerprint density at radius 1 is 1.21 bits per heavy atom. The van der Waals surface area contributed by atoms with Crippen molar-refractivity contribution in [1.82, 2.24) is 19.5 Å². The third-order valence-corrected chi connectivity index (χ3v) is 6.80. The summed E-state index contributed by atoms with van der Waals surface area (Å²) < 4.78 is 7.46. The maximum atomic E-state index is 13.8. The fraction of sp³-hybridized carbons (Fsp3) is 0.464. The van der Waals surface area contributed by atoms with Crippen molar-refractivity contribution in [1.29, 1.82) is 5.26 Å². The molecule has 2 fully saturated rings. The van der Waals surface area contributed by atoms with Crippen LogP contribution in [0.5, 0.6) is 0 Å². The van der Waals surface area contributed by atoms with Gasteiger partial charge in [0.25, 0.3) is 0 Å². The molecule has 204 valence electrons. The van der Waals surface area contributed by atoms with Crippen LogP contribution in [0.15, 0.2) is 30.5 Å². The summed E-state index contributed by atoms with van der Waals surface area (Å²) in [6.45, 7) is 8.10. The van der Waals surface area contributed by atoms with E-state index in [0.717, 1.165) is 36.8 Å². The highest BCUT2D eigenvalue weighted by Crippen LogP contribution is 2.43. The number of anilines is 3. The Labute approximate surface area is 227 Å². The van der Waals surface area contributed by atoms with Crippen LogP contribution in [0.25, 0.3) is 5.65 Å². The van der Waals surface area contributed by atoms with Crippen LogP contribution in [0.3, 0.4) is 0 Å². The monoisotopic (exact) mass is 531 g/mol. The number of aromatic nitrogens is 3. The lowest BCUT2D eigenvalue weighted by Gasteiger charge is -2.32. The smallest absolute Gasteiger partial charge is 0.420 e. The Morgan fingerprint density at radius 3 is 2.64 bits per heavy atom. The molecule has 5 rings (SSSR count). The lowest BCUT2D eigenvalue weighted by Crippen LogP contribution is -2.44. The molecule has 3 heterocycles. The highest BCUT2D eigenvalue weighted by atomic mass is 16.6. The van der Waals surface area contributed by atoms with E-state index in [4.69, 9.17) is 9.72 Å². The molecule has 0 radical (unpaired) electrons. The van der Waals surface area contributed by atoms with Crippen LogP contribution < -0.4 is 10.2 Å². The van der Waals surface area contributed by atoms with Gasteiger partial charge in [0.2, 0.25) is 0 Å². The van der Waals surface area contributed by atoms with Crippen molar-refractivity contribution >= 4 is 35.2 Å². The normalized spacial score (nSPS) is 17.5. The third kappa shape index (κ3) is 5.74. The summed E-state index contributed by atoms with van der Waals surface area (Å²) in [5.74, 6) is 1.28. The highest BCUT2D eigenvalue weighted by molar-refractivity contribution is 5.96. The van der Waals surface area contributed by atoms with Crippen LogP contribution >= 0.6 is 0 Å². The van der Waals surface area contributed by atoms with Crippen LogP contribution in [-0.4, -0.2) is 61.5 Å². The molecule has 2 aromatic heterocycles. The van der Waals surface area contributed by atoms with E-state index in [-0.39, 0.29) is 6.04 Å². The number of carboxylic acid groups (broad SMARTS) is 1. The number of hydrogen-bond acceptors (Lipinski definition) is 7. The quantitative estimate of drug-likeness (QED) is 0.446. The fourth-order valence-corrected chi connectivity index (χ4v) is 4.95. The van der Waals surface area contributed by atoms with E-state index in [1.807, 2.05) is 13.0 Å². The van der Waals surface area contributed by atoms with Gasteiger partial charge in [0.05, 0.1) is 23.5 Å². The van der Waals surface area contributed by atoms with Gasteiger partial charge in [0.1, 0.15) is 17.2 Å². The Morgan fingerprint density at radius 2 is 1.97 bits per heavy atom. The Hall–Kier alpha value is -4.33. The first-order valence-corrected chi connectivity index (χ1v) is 13.2. The number of aryl methyl sites for hydroxylation is 1. The summed E-state index contributed by atoms with van der Waals surface area (Å²) in [6, 6.07) is 8.98. The predicted octanol–water partition coefficient (Wildman–Crippen LogP) is 5.41. The number of nitrogens with zero attached hydrogens (tertiary/aromatic N) is 6. The highest BCUT2D eigenvalue weighted by Gasteiger charge is 2.32. The average Bonchev–Trinajstić information content (AvgIpc) is 3.61. The van der Waals surface area contributed by atoms with Gasteiger partial charge >= 0.3 is 12.2 Å². The van der Waals surface area contributed by atoms with E-state index < -0.39 is 17.8 Å². The van der Waals surface area contributed by atoms with Gasteiger partial charge in [-0.15, -0.1) is 0 Å². The number of piperidine rings is 1. The van der Waals surface area contributed by atoms with Crippen molar-refractivity contribution in [2.24, 2.45) is 0 Å². The number of rotatable bonds is 5. The Bertz CT molecular complexity index is 1470. The van der Waals surface area contributed by atoms with Crippen molar-refractivity contribution in [3.63, 3.8) is 0 Å². The van der Waals surface area contributed by atoms with Crippen molar-refractivity contribution in [2.45, 2.75) is 70.9 Å². The number of nitriles is 1. The van der Waals surface area contributed by atoms with E-state index in [2.05, 4.69) is 16.5 Å². The summed E-state index contributed by atoms with van der Waals surface area (Å²) in [4.78, 5) is 33.0. The van der Waals surface area contributed by atoms with Crippen LogP contribution in [0.4, 0.5) is 26.9 Å². The zero-order valence-corrected chi connectivity index (χ0v) is 22.6. The summed E-state index contributed by atoms with van der Waals surface area (Å²) >= 11 is 0. The van der Waals surface area contributed by atoms with Crippen molar-refractivity contribution in [2.75, 3.05) is 23.3 Å². The predicted molar refractivity (Wildman–Crippen MR) is 145 cm³/mol. The Kier molecular flexibility index (Phi) is 6.80. The van der Waals surface area contributed by atoms with E-state index in [9.17, 15) is 20.0 Å². The number of carbonyl (C=O) groups excluding carboxylic acids is 1. The van der Waals surface area contributed by atoms with Gasteiger partial charge in [-0.1, -0.05) is 0 Å². The van der Waals surface area contributed by atoms with Crippen LogP contribution in [-0.2, 0) is 4.74 Å². The van der Waals surface area contributed by atoms with E-state index in [1.165, 1.54) is 9.80 Å². The molecule has 1 atom stereocenters. The second-order valence-electron chi connectivity index (χ2n) is 11.3. The minimum atomic E-state index is -0.943. The van der Waals surface area contributed by atoms with E-state index in [0.29, 0.717) is 47.5 Å².